The van der Waals surface area contributed by atoms with Gasteiger partial charge in [-0.15, -0.1) is 0 Å². The minimum absolute atomic E-state index is 0.0815. The Morgan fingerprint density at radius 3 is 3.19 bits per heavy atom. The van der Waals surface area contributed by atoms with Crippen molar-refractivity contribution in [3.05, 3.63) is 39.3 Å². The monoisotopic (exact) mass is 335 g/mol. The number of carbonyl (C=O) groups excluding carboxylic acids is 1. The maximum atomic E-state index is 12.0. The van der Waals surface area contributed by atoms with Crippen molar-refractivity contribution in [1.82, 2.24) is 15.5 Å². The number of hydrogen-bond donors (Lipinski definition) is 2. The van der Waals surface area contributed by atoms with Crippen LogP contribution in [0.3, 0.4) is 0 Å². The SMILES string of the molecule is O=C(CSc1n[nH]c(=S)s1)N[C@@H]1[C@@H]2Cc3ccccc3[C@@H]21. The van der Waals surface area contributed by atoms with E-state index in [9.17, 15) is 4.79 Å². The minimum Gasteiger partial charge on any atom is -0.352 e. The zero-order valence-electron chi connectivity index (χ0n) is 11.0. The van der Waals surface area contributed by atoms with Crippen molar-refractivity contribution in [2.24, 2.45) is 5.92 Å². The highest BCUT2D eigenvalue weighted by Gasteiger charge is 2.56. The van der Waals surface area contributed by atoms with E-state index in [1.165, 1.54) is 34.2 Å². The maximum absolute atomic E-state index is 12.0. The van der Waals surface area contributed by atoms with Gasteiger partial charge in [-0.1, -0.05) is 47.4 Å². The van der Waals surface area contributed by atoms with E-state index >= 15 is 0 Å². The predicted octanol–water partition coefficient (Wildman–Crippen LogP) is 2.75. The van der Waals surface area contributed by atoms with Gasteiger partial charge in [-0.05, 0) is 35.7 Å². The molecule has 1 saturated carbocycles. The van der Waals surface area contributed by atoms with E-state index in [0.717, 1.165) is 10.8 Å². The lowest BCUT2D eigenvalue weighted by molar-refractivity contribution is -0.118. The van der Waals surface area contributed by atoms with Crippen LogP contribution in [0.5, 0.6) is 0 Å². The van der Waals surface area contributed by atoms with Crippen molar-refractivity contribution in [1.29, 1.82) is 0 Å². The van der Waals surface area contributed by atoms with Crippen molar-refractivity contribution >= 4 is 41.2 Å². The fourth-order valence-electron chi connectivity index (χ4n) is 3.18. The molecule has 0 bridgehead atoms. The lowest BCUT2D eigenvalue weighted by atomic mass is 10.1. The summed E-state index contributed by atoms with van der Waals surface area (Å²) in [6.45, 7) is 0. The molecule has 0 saturated heterocycles. The number of aromatic nitrogens is 2. The second-order valence-corrected chi connectivity index (χ2v) is 8.24. The standard InChI is InChI=1S/C14H13N3OS3/c18-10(6-20-14-17-16-13(19)21-14)15-12-9-5-7-3-1-2-4-8(7)11(9)12/h1-4,9,11-12H,5-6H2,(H,15,18)(H,16,19)/t9-,11+,12-/m1/s1. The van der Waals surface area contributed by atoms with Gasteiger partial charge in [0.15, 0.2) is 8.29 Å². The Hall–Kier alpha value is -1.18. The summed E-state index contributed by atoms with van der Waals surface area (Å²) in [5.41, 5.74) is 2.87. The van der Waals surface area contributed by atoms with Gasteiger partial charge in [-0.2, -0.15) is 5.10 Å². The first kappa shape index (κ1) is 13.5. The molecule has 4 nitrogen and oxygen atoms in total. The van der Waals surface area contributed by atoms with Gasteiger partial charge in [0.05, 0.1) is 5.75 Å². The van der Waals surface area contributed by atoms with Crippen LogP contribution < -0.4 is 5.32 Å². The molecule has 0 radical (unpaired) electrons. The molecule has 1 aromatic heterocycles. The third-order valence-electron chi connectivity index (χ3n) is 4.11. The second kappa shape index (κ2) is 5.23. The zero-order valence-corrected chi connectivity index (χ0v) is 13.5. The molecule has 1 heterocycles. The summed E-state index contributed by atoms with van der Waals surface area (Å²) >= 11 is 7.80. The van der Waals surface area contributed by atoms with Gasteiger partial charge in [-0.25, -0.2) is 0 Å². The van der Waals surface area contributed by atoms with E-state index in [1.807, 2.05) is 0 Å². The highest BCUT2D eigenvalue weighted by Crippen LogP contribution is 2.56. The highest BCUT2D eigenvalue weighted by molar-refractivity contribution is 8.01. The van der Waals surface area contributed by atoms with Gasteiger partial charge in [0.25, 0.3) is 0 Å². The molecule has 2 aliphatic carbocycles. The molecule has 4 rings (SSSR count). The van der Waals surface area contributed by atoms with Crippen LogP contribution in [-0.4, -0.2) is 27.9 Å². The number of nitrogens with zero attached hydrogens (tertiary/aromatic N) is 1. The summed E-state index contributed by atoms with van der Waals surface area (Å²) in [4.78, 5) is 12.0. The van der Waals surface area contributed by atoms with Crippen LogP contribution in [0.2, 0.25) is 0 Å². The summed E-state index contributed by atoms with van der Waals surface area (Å²) in [5.74, 6) is 1.61. The number of carbonyl (C=O) groups is 1. The lowest BCUT2D eigenvalue weighted by Crippen LogP contribution is -2.30. The third-order valence-corrected chi connectivity index (χ3v) is 6.34. The summed E-state index contributed by atoms with van der Waals surface area (Å²) in [5, 5.41) is 9.92. The second-order valence-electron chi connectivity index (χ2n) is 5.35. The van der Waals surface area contributed by atoms with Gasteiger partial charge in [0.1, 0.15) is 0 Å². The fourth-order valence-corrected chi connectivity index (χ4v) is 5.07. The quantitative estimate of drug-likeness (QED) is 0.666. The first-order valence-corrected chi connectivity index (χ1v) is 8.99. The van der Waals surface area contributed by atoms with E-state index < -0.39 is 0 Å². The number of thioether (sulfide) groups is 1. The van der Waals surface area contributed by atoms with Crippen molar-refractivity contribution < 1.29 is 4.79 Å². The van der Waals surface area contributed by atoms with E-state index in [0.29, 0.717) is 27.6 Å². The molecular weight excluding hydrogens is 322 g/mol. The Morgan fingerprint density at radius 1 is 1.52 bits per heavy atom. The molecule has 0 unspecified atom stereocenters. The molecule has 21 heavy (non-hydrogen) atoms. The number of benzene rings is 1. The Labute approximate surface area is 135 Å². The largest absolute Gasteiger partial charge is 0.352 e. The normalized spacial score (nSPS) is 25.2. The molecule has 1 amide bonds. The minimum atomic E-state index is 0.0815. The van der Waals surface area contributed by atoms with Crippen molar-refractivity contribution in [2.75, 3.05) is 5.75 Å². The number of aromatic amines is 1. The van der Waals surface area contributed by atoms with Gasteiger partial charge < -0.3 is 5.32 Å². The molecule has 2 aromatic rings. The van der Waals surface area contributed by atoms with Crippen molar-refractivity contribution in [3.8, 4) is 0 Å². The summed E-state index contributed by atoms with van der Waals surface area (Å²) in [6, 6.07) is 8.88. The molecule has 1 fully saturated rings. The van der Waals surface area contributed by atoms with Crippen LogP contribution in [0.25, 0.3) is 0 Å². The van der Waals surface area contributed by atoms with Crippen LogP contribution >= 0.6 is 35.3 Å². The molecule has 2 aliphatic rings. The van der Waals surface area contributed by atoms with Crippen molar-refractivity contribution in [2.45, 2.75) is 22.7 Å². The Kier molecular flexibility index (Phi) is 3.35. The topological polar surface area (TPSA) is 57.8 Å². The van der Waals surface area contributed by atoms with E-state index in [1.54, 1.807) is 0 Å². The molecule has 0 spiro atoms. The number of H-pyrrole nitrogens is 1. The molecular formula is C14H13N3OS3. The number of nitrogens with one attached hydrogen (secondary N) is 2. The van der Waals surface area contributed by atoms with E-state index in [2.05, 4.69) is 39.8 Å². The maximum Gasteiger partial charge on any atom is 0.230 e. The average Bonchev–Trinajstić information content (AvgIpc) is 2.86. The molecule has 1 aromatic carbocycles. The van der Waals surface area contributed by atoms with Gasteiger partial charge in [0, 0.05) is 12.0 Å². The van der Waals surface area contributed by atoms with Crippen LogP contribution in [0.4, 0.5) is 0 Å². The van der Waals surface area contributed by atoms with Gasteiger partial charge in [0.2, 0.25) is 5.91 Å². The molecule has 3 atom stereocenters. The molecule has 2 N–H and O–H groups in total. The van der Waals surface area contributed by atoms with Crippen LogP contribution in [-0.2, 0) is 11.2 Å². The first-order chi connectivity index (χ1) is 10.2. The number of hydrogen-bond acceptors (Lipinski definition) is 5. The number of rotatable bonds is 4. The van der Waals surface area contributed by atoms with Crippen molar-refractivity contribution in [3.63, 3.8) is 0 Å². The summed E-state index contributed by atoms with van der Waals surface area (Å²) in [7, 11) is 0. The highest BCUT2D eigenvalue weighted by atomic mass is 32.2. The molecule has 7 heteroatoms. The Balaban J connectivity index is 1.32. The van der Waals surface area contributed by atoms with Crippen LogP contribution in [0.1, 0.15) is 17.0 Å². The van der Waals surface area contributed by atoms with E-state index in [-0.39, 0.29) is 5.91 Å². The zero-order chi connectivity index (χ0) is 14.4. The van der Waals surface area contributed by atoms with Crippen LogP contribution in [0, 0.1) is 9.87 Å². The molecule has 108 valence electrons. The first-order valence-electron chi connectivity index (χ1n) is 6.78. The van der Waals surface area contributed by atoms with Crippen LogP contribution in [0.15, 0.2) is 28.6 Å². The number of fused-ring (bicyclic) bond motifs is 3. The summed E-state index contributed by atoms with van der Waals surface area (Å²) in [6.07, 6.45) is 1.10. The Morgan fingerprint density at radius 2 is 2.38 bits per heavy atom. The van der Waals surface area contributed by atoms with Gasteiger partial charge >= 0.3 is 0 Å². The van der Waals surface area contributed by atoms with E-state index in [4.69, 9.17) is 12.2 Å². The lowest BCUT2D eigenvalue weighted by Gasteiger charge is -2.09. The molecule has 0 aliphatic heterocycles. The summed E-state index contributed by atoms with van der Waals surface area (Å²) < 4.78 is 1.46. The Bertz CT molecular complexity index is 754. The average molecular weight is 335 g/mol. The third kappa shape index (κ3) is 2.54. The van der Waals surface area contributed by atoms with Gasteiger partial charge in [-0.3, -0.25) is 9.89 Å². The smallest absolute Gasteiger partial charge is 0.230 e. The fraction of sp³-hybridized carbons (Fsp3) is 0.357. The predicted molar refractivity (Wildman–Crippen MR) is 86.3 cm³/mol. The number of amides is 1.